The lowest BCUT2D eigenvalue weighted by Crippen LogP contribution is -2.25. The average molecular weight is 293 g/mol. The molecule has 1 heterocycles. The van der Waals surface area contributed by atoms with Gasteiger partial charge in [0.25, 0.3) is 0 Å². The minimum absolute atomic E-state index is 0.0141. The van der Waals surface area contributed by atoms with Crippen molar-refractivity contribution in [3.8, 4) is 0 Å². The summed E-state index contributed by atoms with van der Waals surface area (Å²) in [5.74, 6) is 1.06. The first-order chi connectivity index (χ1) is 9.67. The molecule has 0 bridgehead atoms. The molecule has 20 heavy (non-hydrogen) atoms. The van der Waals surface area contributed by atoms with Gasteiger partial charge in [-0.25, -0.2) is 8.42 Å². The summed E-state index contributed by atoms with van der Waals surface area (Å²) in [6, 6.07) is 7.39. The van der Waals surface area contributed by atoms with E-state index in [0.717, 1.165) is 18.0 Å². The number of hydrogen-bond donors (Lipinski definition) is 1. The van der Waals surface area contributed by atoms with E-state index in [0.29, 0.717) is 4.90 Å². The van der Waals surface area contributed by atoms with Crippen LogP contribution in [0, 0.1) is 5.92 Å². The van der Waals surface area contributed by atoms with Crippen molar-refractivity contribution in [3.05, 3.63) is 29.8 Å². The van der Waals surface area contributed by atoms with Gasteiger partial charge in [0.2, 0.25) is 0 Å². The quantitative estimate of drug-likeness (QED) is 0.928. The summed E-state index contributed by atoms with van der Waals surface area (Å²) < 4.78 is 24.2. The number of rotatable bonds is 4. The average Bonchev–Trinajstić information content (AvgIpc) is 2.72. The van der Waals surface area contributed by atoms with Gasteiger partial charge in [0.05, 0.1) is 10.6 Å². The molecule has 1 fully saturated rings. The Kier molecular flexibility index (Phi) is 4.13. The molecule has 1 aliphatic heterocycles. The van der Waals surface area contributed by atoms with Crippen molar-refractivity contribution in [2.24, 2.45) is 5.92 Å². The van der Waals surface area contributed by atoms with Gasteiger partial charge in [0.1, 0.15) is 0 Å². The van der Waals surface area contributed by atoms with Crippen LogP contribution in [-0.4, -0.2) is 20.7 Å². The van der Waals surface area contributed by atoms with E-state index in [1.54, 1.807) is 12.1 Å². The smallest absolute Gasteiger partial charge is 0.180 e. The van der Waals surface area contributed by atoms with E-state index in [1.165, 1.54) is 38.5 Å². The van der Waals surface area contributed by atoms with Crippen LogP contribution in [0.15, 0.2) is 29.2 Å². The van der Waals surface area contributed by atoms with Gasteiger partial charge in [-0.15, -0.1) is 0 Å². The second-order valence-electron chi connectivity index (χ2n) is 6.12. The van der Waals surface area contributed by atoms with E-state index in [1.807, 2.05) is 12.1 Å². The van der Waals surface area contributed by atoms with Crippen LogP contribution in [0.4, 0.5) is 0 Å². The van der Waals surface area contributed by atoms with E-state index in [-0.39, 0.29) is 11.8 Å². The lowest BCUT2D eigenvalue weighted by atomic mass is 9.87. The van der Waals surface area contributed by atoms with Crippen LogP contribution in [0.1, 0.15) is 50.1 Å². The van der Waals surface area contributed by atoms with Crippen molar-refractivity contribution in [2.45, 2.75) is 49.5 Å². The van der Waals surface area contributed by atoms with Gasteiger partial charge in [-0.1, -0.05) is 50.3 Å². The normalized spacial score (nSPS) is 25.5. The van der Waals surface area contributed by atoms with E-state index in [9.17, 15) is 8.42 Å². The zero-order valence-corrected chi connectivity index (χ0v) is 12.7. The first-order valence-corrected chi connectivity index (χ1v) is 9.37. The van der Waals surface area contributed by atoms with Crippen LogP contribution in [-0.2, 0) is 9.84 Å². The lowest BCUT2D eigenvalue weighted by Gasteiger charge is -2.22. The molecule has 0 radical (unpaired) electrons. The van der Waals surface area contributed by atoms with Crippen LogP contribution in [0.5, 0.6) is 0 Å². The van der Waals surface area contributed by atoms with Gasteiger partial charge in [-0.2, -0.15) is 0 Å². The molecule has 1 aromatic rings. The Balaban J connectivity index is 1.59. The van der Waals surface area contributed by atoms with Crippen molar-refractivity contribution in [3.63, 3.8) is 0 Å². The van der Waals surface area contributed by atoms with Crippen LogP contribution < -0.4 is 5.32 Å². The summed E-state index contributed by atoms with van der Waals surface area (Å²) in [6.07, 6.45) is 8.00. The predicted octanol–water partition coefficient (Wildman–Crippen LogP) is 3.08. The van der Waals surface area contributed by atoms with Gasteiger partial charge < -0.3 is 5.32 Å². The standard InChI is InChI=1S/C16H23NO2S/c18-20(19)12-15(14-8-4-5-9-16(14)20)17-11-10-13-6-2-1-3-7-13/h4-5,8-9,13,15,17H,1-3,6-7,10-12H2. The fourth-order valence-electron chi connectivity index (χ4n) is 3.56. The van der Waals surface area contributed by atoms with Crippen LogP contribution in [0.25, 0.3) is 0 Å². The van der Waals surface area contributed by atoms with Gasteiger partial charge in [0, 0.05) is 6.04 Å². The first-order valence-electron chi connectivity index (χ1n) is 7.72. The third-order valence-corrected chi connectivity index (χ3v) is 6.50. The molecule has 1 aromatic carbocycles. The summed E-state index contributed by atoms with van der Waals surface area (Å²) >= 11 is 0. The maximum Gasteiger partial charge on any atom is 0.180 e. The minimum atomic E-state index is -3.07. The molecule has 0 spiro atoms. The highest BCUT2D eigenvalue weighted by atomic mass is 32.2. The van der Waals surface area contributed by atoms with E-state index in [2.05, 4.69) is 5.32 Å². The van der Waals surface area contributed by atoms with Crippen LogP contribution in [0.2, 0.25) is 0 Å². The maximum atomic E-state index is 12.1. The van der Waals surface area contributed by atoms with Gasteiger partial charge in [0.15, 0.2) is 9.84 Å². The molecule has 1 aliphatic carbocycles. The Morgan fingerprint density at radius 3 is 2.65 bits per heavy atom. The molecule has 1 saturated carbocycles. The number of fused-ring (bicyclic) bond motifs is 1. The van der Waals surface area contributed by atoms with E-state index in [4.69, 9.17) is 0 Å². The summed E-state index contributed by atoms with van der Waals surface area (Å²) in [5.41, 5.74) is 0.955. The monoisotopic (exact) mass is 293 g/mol. The highest BCUT2D eigenvalue weighted by Gasteiger charge is 2.33. The van der Waals surface area contributed by atoms with Gasteiger partial charge in [-0.3, -0.25) is 0 Å². The Hall–Kier alpha value is -0.870. The van der Waals surface area contributed by atoms with Crippen LogP contribution in [0.3, 0.4) is 0 Å². The van der Waals surface area contributed by atoms with Crippen molar-refractivity contribution in [1.82, 2.24) is 5.32 Å². The molecule has 0 amide bonds. The summed E-state index contributed by atoms with van der Waals surface area (Å²) in [6.45, 7) is 0.930. The maximum absolute atomic E-state index is 12.1. The summed E-state index contributed by atoms with van der Waals surface area (Å²) in [4.78, 5) is 0.523. The SMILES string of the molecule is O=S1(=O)CC(NCCC2CCCCC2)c2ccccc21. The summed E-state index contributed by atoms with van der Waals surface area (Å²) in [7, 11) is -3.07. The van der Waals surface area contributed by atoms with Gasteiger partial charge >= 0.3 is 0 Å². The Morgan fingerprint density at radius 1 is 1.10 bits per heavy atom. The molecule has 0 aromatic heterocycles. The summed E-state index contributed by atoms with van der Waals surface area (Å²) in [5, 5.41) is 3.46. The predicted molar refractivity (Wildman–Crippen MR) is 80.4 cm³/mol. The highest BCUT2D eigenvalue weighted by Crippen LogP contribution is 2.33. The zero-order chi connectivity index (χ0) is 14.0. The van der Waals surface area contributed by atoms with E-state index >= 15 is 0 Å². The second-order valence-corrected chi connectivity index (χ2v) is 8.12. The number of hydrogen-bond acceptors (Lipinski definition) is 3. The second kappa shape index (κ2) is 5.86. The van der Waals surface area contributed by atoms with Crippen molar-refractivity contribution in [1.29, 1.82) is 0 Å². The molecular weight excluding hydrogens is 270 g/mol. The molecule has 0 saturated heterocycles. The van der Waals surface area contributed by atoms with Crippen molar-refractivity contribution >= 4 is 9.84 Å². The Labute approximate surface area is 121 Å². The zero-order valence-electron chi connectivity index (χ0n) is 11.8. The Bertz CT molecular complexity index is 562. The van der Waals surface area contributed by atoms with E-state index < -0.39 is 9.84 Å². The molecule has 4 heteroatoms. The largest absolute Gasteiger partial charge is 0.309 e. The number of sulfone groups is 1. The van der Waals surface area contributed by atoms with Crippen molar-refractivity contribution < 1.29 is 8.42 Å². The molecule has 3 rings (SSSR count). The molecule has 1 unspecified atom stereocenters. The first kappa shape index (κ1) is 14.1. The topological polar surface area (TPSA) is 46.2 Å². The minimum Gasteiger partial charge on any atom is -0.309 e. The molecule has 3 nitrogen and oxygen atoms in total. The molecule has 110 valence electrons. The van der Waals surface area contributed by atoms with Crippen LogP contribution >= 0.6 is 0 Å². The highest BCUT2D eigenvalue weighted by molar-refractivity contribution is 7.91. The molecule has 1 atom stereocenters. The molecular formula is C16H23NO2S. The molecule has 2 aliphatic rings. The third kappa shape index (κ3) is 2.91. The fraction of sp³-hybridized carbons (Fsp3) is 0.625. The lowest BCUT2D eigenvalue weighted by molar-refractivity contribution is 0.330. The Morgan fingerprint density at radius 2 is 1.85 bits per heavy atom. The third-order valence-electron chi connectivity index (χ3n) is 4.68. The fourth-order valence-corrected chi connectivity index (χ4v) is 5.33. The van der Waals surface area contributed by atoms with Gasteiger partial charge in [-0.05, 0) is 30.5 Å². The number of nitrogens with one attached hydrogen (secondary N) is 1. The van der Waals surface area contributed by atoms with Crippen molar-refractivity contribution in [2.75, 3.05) is 12.3 Å². The number of benzene rings is 1. The molecule has 1 N–H and O–H groups in total.